The second-order valence-electron chi connectivity index (χ2n) is 17.5. The molecule has 2 spiro atoms. The second kappa shape index (κ2) is 13.2. The maximum Gasteiger partial charge on any atom is 0.0754 e. The monoisotopic (exact) mass is 812 g/mol. The molecule has 298 valence electrons. The van der Waals surface area contributed by atoms with Crippen molar-refractivity contribution in [2.24, 2.45) is 0 Å². The second-order valence-corrected chi connectivity index (χ2v) is 17.5. The lowest BCUT2D eigenvalue weighted by atomic mass is 9.64. The van der Waals surface area contributed by atoms with Gasteiger partial charge in [0.2, 0.25) is 0 Å². The van der Waals surface area contributed by atoms with E-state index in [4.69, 9.17) is 0 Å². The van der Waals surface area contributed by atoms with E-state index in [2.05, 4.69) is 252 Å². The van der Waals surface area contributed by atoms with Crippen molar-refractivity contribution in [3.63, 3.8) is 0 Å². The van der Waals surface area contributed by atoms with E-state index >= 15 is 0 Å². The molecule has 2 aliphatic heterocycles. The summed E-state index contributed by atoms with van der Waals surface area (Å²) < 4.78 is 0. The summed E-state index contributed by atoms with van der Waals surface area (Å²) in [4.78, 5) is 4.92. The van der Waals surface area contributed by atoms with Gasteiger partial charge in [-0.3, -0.25) is 0 Å². The Morgan fingerprint density at radius 1 is 0.203 bits per heavy atom. The van der Waals surface area contributed by atoms with Crippen LogP contribution in [0.3, 0.4) is 0 Å². The summed E-state index contributed by atoms with van der Waals surface area (Å²) in [5, 5.41) is 0. The van der Waals surface area contributed by atoms with Crippen molar-refractivity contribution in [3.05, 3.63) is 287 Å². The van der Waals surface area contributed by atoms with Crippen LogP contribution in [0, 0.1) is 0 Å². The molecule has 0 aromatic heterocycles. The first kappa shape index (κ1) is 35.4. The van der Waals surface area contributed by atoms with Crippen LogP contribution < -0.4 is 9.80 Å². The van der Waals surface area contributed by atoms with Gasteiger partial charge < -0.3 is 9.80 Å². The van der Waals surface area contributed by atoms with Crippen molar-refractivity contribution >= 4 is 34.1 Å². The fraction of sp³-hybridized carbons (Fsp3) is 0.0323. The van der Waals surface area contributed by atoms with Gasteiger partial charge in [0.1, 0.15) is 0 Å². The highest BCUT2D eigenvalue weighted by Gasteiger charge is 2.54. The molecule has 2 heteroatoms. The molecule has 2 nitrogen and oxygen atoms in total. The molecule has 0 amide bonds. The highest BCUT2D eigenvalue weighted by atomic mass is 15.2. The number of benzene rings is 10. The number of hydrogen-bond acceptors (Lipinski definition) is 2. The molecule has 0 radical (unpaired) electrons. The van der Waals surface area contributed by atoms with E-state index in [1.54, 1.807) is 0 Å². The van der Waals surface area contributed by atoms with Gasteiger partial charge in [-0.15, -0.1) is 0 Å². The number of para-hydroxylation sites is 6. The molecule has 64 heavy (non-hydrogen) atoms. The molecule has 0 saturated heterocycles. The van der Waals surface area contributed by atoms with Gasteiger partial charge in [-0.25, -0.2) is 0 Å². The molecular weight excluding hydrogens is 773 g/mol. The first-order chi connectivity index (χ1) is 31.8. The molecule has 0 saturated carbocycles. The van der Waals surface area contributed by atoms with Crippen LogP contribution in [0.25, 0.3) is 33.4 Å². The largest absolute Gasteiger partial charge is 0.310 e. The Balaban J connectivity index is 1.06. The minimum atomic E-state index is -0.542. The lowest BCUT2D eigenvalue weighted by molar-refractivity contribution is 0.752. The third kappa shape index (κ3) is 4.34. The van der Waals surface area contributed by atoms with Gasteiger partial charge in [0.05, 0.1) is 33.6 Å². The van der Waals surface area contributed by atoms with Crippen molar-refractivity contribution in [1.82, 2.24) is 0 Å². The quantitative estimate of drug-likeness (QED) is 0.175. The van der Waals surface area contributed by atoms with E-state index in [1.165, 1.54) is 101 Å². The predicted molar refractivity (Wildman–Crippen MR) is 263 cm³/mol. The van der Waals surface area contributed by atoms with Crippen molar-refractivity contribution in [2.45, 2.75) is 10.8 Å². The van der Waals surface area contributed by atoms with E-state index in [1.807, 2.05) is 0 Å². The highest BCUT2D eigenvalue weighted by Crippen LogP contribution is 2.67. The zero-order chi connectivity index (χ0) is 42.0. The maximum atomic E-state index is 2.46. The van der Waals surface area contributed by atoms with Crippen LogP contribution in [0.4, 0.5) is 34.1 Å². The molecule has 2 heterocycles. The molecule has 0 N–H and O–H groups in total. The molecule has 0 fully saturated rings. The fourth-order valence-electron chi connectivity index (χ4n) is 12.5. The minimum absolute atomic E-state index is 0.542. The van der Waals surface area contributed by atoms with Crippen molar-refractivity contribution < 1.29 is 0 Å². The van der Waals surface area contributed by atoms with Crippen LogP contribution in [0.5, 0.6) is 0 Å². The van der Waals surface area contributed by atoms with Crippen LogP contribution in [0.2, 0.25) is 0 Å². The molecule has 2 aliphatic carbocycles. The van der Waals surface area contributed by atoms with Crippen molar-refractivity contribution in [3.8, 4) is 33.4 Å². The van der Waals surface area contributed by atoms with Crippen LogP contribution in [0.1, 0.15) is 44.5 Å². The van der Waals surface area contributed by atoms with Gasteiger partial charge in [0, 0.05) is 11.4 Å². The number of nitrogens with zero attached hydrogens (tertiary/aromatic N) is 2. The fourth-order valence-corrected chi connectivity index (χ4v) is 12.5. The van der Waals surface area contributed by atoms with E-state index < -0.39 is 10.8 Å². The first-order valence-corrected chi connectivity index (χ1v) is 22.4. The van der Waals surface area contributed by atoms with Gasteiger partial charge in [-0.1, -0.05) is 194 Å². The molecule has 14 rings (SSSR count). The van der Waals surface area contributed by atoms with Crippen LogP contribution in [0.15, 0.2) is 243 Å². The molecule has 10 aromatic carbocycles. The van der Waals surface area contributed by atoms with E-state index in [0.717, 1.165) is 11.4 Å². The van der Waals surface area contributed by atoms with Crippen LogP contribution >= 0.6 is 0 Å². The molecule has 10 aromatic rings. The Kier molecular flexibility index (Phi) is 7.28. The van der Waals surface area contributed by atoms with Gasteiger partial charge in [-0.05, 0) is 126 Å². The van der Waals surface area contributed by atoms with E-state index in [-0.39, 0.29) is 0 Å². The summed E-state index contributed by atoms with van der Waals surface area (Å²) in [6.45, 7) is 0. The molecule has 4 aliphatic rings. The summed E-state index contributed by atoms with van der Waals surface area (Å²) in [5.74, 6) is 0. The van der Waals surface area contributed by atoms with Crippen LogP contribution in [-0.4, -0.2) is 0 Å². The van der Waals surface area contributed by atoms with Gasteiger partial charge in [-0.2, -0.15) is 0 Å². The first-order valence-electron chi connectivity index (χ1n) is 22.4. The van der Waals surface area contributed by atoms with Gasteiger partial charge in [0.15, 0.2) is 0 Å². The molecule has 0 atom stereocenters. The summed E-state index contributed by atoms with van der Waals surface area (Å²) >= 11 is 0. The molecular formula is C62H40N2. The predicted octanol–water partition coefficient (Wildman–Crippen LogP) is 15.6. The average Bonchev–Trinajstić information content (AvgIpc) is 3.84. The Labute approximate surface area is 373 Å². The topological polar surface area (TPSA) is 6.48 Å². The Morgan fingerprint density at radius 2 is 0.469 bits per heavy atom. The number of rotatable bonds is 3. The van der Waals surface area contributed by atoms with Crippen molar-refractivity contribution in [2.75, 3.05) is 9.80 Å². The van der Waals surface area contributed by atoms with E-state index in [0.29, 0.717) is 0 Å². The standard InChI is InChI=1S/C62H40N2/c1-3-21-41(22-4-1)63-55-37-15-11-31-49(55)61(50-32-12-16-38-56(50)63)47-29-9-7-25-45(47)59-43(27-19-35-53(59)61)44-28-20-36-54-60(44)46-26-8-10-30-48(46)62(54)51-33-13-17-39-57(51)64(42-23-5-2-6-24-42)58-40-18-14-34-52(58)62/h1-40H. The van der Waals surface area contributed by atoms with E-state index in [9.17, 15) is 0 Å². The number of fused-ring (bicyclic) bond motifs is 18. The molecule has 0 unspecified atom stereocenters. The van der Waals surface area contributed by atoms with Crippen LogP contribution in [-0.2, 0) is 10.8 Å². The van der Waals surface area contributed by atoms with Gasteiger partial charge >= 0.3 is 0 Å². The zero-order valence-electron chi connectivity index (χ0n) is 35.0. The minimum Gasteiger partial charge on any atom is -0.310 e. The third-order valence-corrected chi connectivity index (χ3v) is 14.7. The average molecular weight is 813 g/mol. The Hall–Kier alpha value is -8.20. The third-order valence-electron chi connectivity index (χ3n) is 14.7. The Morgan fingerprint density at radius 3 is 0.828 bits per heavy atom. The highest BCUT2D eigenvalue weighted by molar-refractivity contribution is 6.05. The summed E-state index contributed by atoms with van der Waals surface area (Å²) in [6, 6.07) is 90.7. The number of hydrogen-bond donors (Lipinski definition) is 0. The zero-order valence-corrected chi connectivity index (χ0v) is 35.0. The summed E-state index contributed by atoms with van der Waals surface area (Å²) in [6.07, 6.45) is 0. The summed E-state index contributed by atoms with van der Waals surface area (Å²) in [7, 11) is 0. The lowest BCUT2D eigenvalue weighted by Crippen LogP contribution is -2.36. The van der Waals surface area contributed by atoms with Gasteiger partial charge in [0.25, 0.3) is 0 Å². The smallest absolute Gasteiger partial charge is 0.0754 e. The SMILES string of the molecule is c1ccc(N2c3ccccc3C3(c4ccccc4-c4c(-c5cccc6c5-c5ccccc5C65c6ccccc6N(c6ccccc6)c6ccccc65)cccc43)c3ccccc32)cc1. The maximum absolute atomic E-state index is 2.46. The Bertz CT molecular complexity index is 3200. The molecule has 0 bridgehead atoms. The van der Waals surface area contributed by atoms with Crippen molar-refractivity contribution in [1.29, 1.82) is 0 Å². The normalized spacial score (nSPS) is 14.8. The lowest BCUT2D eigenvalue weighted by Gasteiger charge is -2.45. The number of anilines is 6. The summed E-state index contributed by atoms with van der Waals surface area (Å²) in [5.41, 5.74) is 24.2.